The lowest BCUT2D eigenvalue weighted by molar-refractivity contribution is -0.147. The van der Waals surface area contributed by atoms with E-state index >= 15 is 0 Å². The van der Waals surface area contributed by atoms with Crippen LogP contribution < -0.4 is 0 Å². The molecule has 0 aliphatic carbocycles. The number of carboxylic acids is 1. The van der Waals surface area contributed by atoms with Gasteiger partial charge in [0.25, 0.3) is 0 Å². The molecule has 0 heterocycles. The summed E-state index contributed by atoms with van der Waals surface area (Å²) in [6.45, 7) is 4.69. The molecule has 0 radical (unpaired) electrons. The van der Waals surface area contributed by atoms with E-state index in [0.717, 1.165) is 0 Å². The highest BCUT2D eigenvalue weighted by Gasteiger charge is 2.30. The molecular weight excluding hydrogens is 144 g/mol. The van der Waals surface area contributed by atoms with Gasteiger partial charge in [-0.1, -0.05) is 12.2 Å². The molecule has 2 N–H and O–H groups in total. The molecule has 0 rings (SSSR count). The van der Waals surface area contributed by atoms with Crippen molar-refractivity contribution in [3.05, 3.63) is 12.2 Å². The van der Waals surface area contributed by atoms with Crippen molar-refractivity contribution in [2.45, 2.75) is 26.4 Å². The second-order valence-corrected chi connectivity index (χ2v) is 2.79. The largest absolute Gasteiger partial charge is 0.481 e. The van der Waals surface area contributed by atoms with Crippen LogP contribution in [0.25, 0.3) is 0 Å². The van der Waals surface area contributed by atoms with Gasteiger partial charge >= 0.3 is 5.97 Å². The number of aliphatic carboxylic acids is 1. The maximum atomic E-state index is 10.4. The minimum atomic E-state index is -1.25. The van der Waals surface area contributed by atoms with Crippen molar-refractivity contribution >= 4 is 5.97 Å². The fraction of sp³-hybridized carbons (Fsp3) is 0.625. The molecule has 11 heavy (non-hydrogen) atoms. The third kappa shape index (κ3) is 2.72. The molecule has 0 fully saturated rings. The summed E-state index contributed by atoms with van der Waals surface area (Å²) in [5.41, 5.74) is -1.25. The normalized spacial score (nSPS) is 19.6. The van der Waals surface area contributed by atoms with Crippen LogP contribution in [-0.2, 0) is 4.79 Å². The second-order valence-electron chi connectivity index (χ2n) is 2.79. The third-order valence-corrected chi connectivity index (χ3v) is 1.75. The van der Waals surface area contributed by atoms with Crippen molar-refractivity contribution in [1.29, 1.82) is 0 Å². The summed E-state index contributed by atoms with van der Waals surface area (Å²) in [4.78, 5) is 10.4. The number of hydrogen-bond donors (Lipinski definition) is 2. The van der Waals surface area contributed by atoms with E-state index in [0.29, 0.717) is 0 Å². The minimum Gasteiger partial charge on any atom is -0.481 e. The molecule has 0 saturated carbocycles. The zero-order valence-electron chi connectivity index (χ0n) is 7.03. The Morgan fingerprint density at radius 1 is 1.64 bits per heavy atom. The Bertz CT molecular complexity index is 170. The van der Waals surface area contributed by atoms with Gasteiger partial charge in [-0.25, -0.2) is 0 Å². The zero-order chi connectivity index (χ0) is 9.07. The number of carbonyl (C=O) groups is 1. The lowest BCUT2D eigenvalue weighted by Gasteiger charge is -2.23. The first-order valence-corrected chi connectivity index (χ1v) is 3.51. The predicted octanol–water partition coefficient (Wildman–Crippen LogP) is 1.03. The monoisotopic (exact) mass is 158 g/mol. The molecule has 0 aromatic heterocycles. The van der Waals surface area contributed by atoms with E-state index in [9.17, 15) is 9.90 Å². The van der Waals surface area contributed by atoms with Crippen LogP contribution in [0.2, 0.25) is 0 Å². The molecule has 0 amide bonds. The molecule has 2 atom stereocenters. The van der Waals surface area contributed by atoms with E-state index < -0.39 is 17.5 Å². The van der Waals surface area contributed by atoms with Crippen LogP contribution in [0, 0.1) is 5.92 Å². The van der Waals surface area contributed by atoms with Gasteiger partial charge in [-0.05, 0) is 20.8 Å². The van der Waals surface area contributed by atoms with E-state index in [1.807, 2.05) is 0 Å². The molecule has 3 heteroatoms. The summed E-state index contributed by atoms with van der Waals surface area (Å²) in [5.74, 6) is -1.77. The standard InChI is InChI=1S/C8H14O3/c1-4-5-8(3,11)6(2)7(9)10/h4-6,11H,1-3H3,(H,9,10). The fourth-order valence-corrected chi connectivity index (χ4v) is 0.732. The van der Waals surface area contributed by atoms with Crippen molar-refractivity contribution in [2.75, 3.05) is 0 Å². The Balaban J connectivity index is 4.41. The summed E-state index contributed by atoms with van der Waals surface area (Å²) < 4.78 is 0. The summed E-state index contributed by atoms with van der Waals surface area (Å²) in [6.07, 6.45) is 3.12. The third-order valence-electron chi connectivity index (χ3n) is 1.75. The molecule has 0 aromatic rings. The molecule has 64 valence electrons. The highest BCUT2D eigenvalue weighted by atomic mass is 16.4. The second kappa shape index (κ2) is 3.53. The Kier molecular flexibility index (Phi) is 3.26. The molecule has 2 unspecified atom stereocenters. The first kappa shape index (κ1) is 10.2. The van der Waals surface area contributed by atoms with Crippen molar-refractivity contribution in [3.63, 3.8) is 0 Å². The SMILES string of the molecule is CC=CC(C)(O)C(C)C(=O)O. The topological polar surface area (TPSA) is 57.5 Å². The molecule has 0 saturated heterocycles. The molecular formula is C8H14O3. The van der Waals surface area contributed by atoms with Gasteiger partial charge < -0.3 is 10.2 Å². The van der Waals surface area contributed by atoms with Crippen molar-refractivity contribution in [3.8, 4) is 0 Å². The van der Waals surface area contributed by atoms with E-state index in [1.54, 1.807) is 13.0 Å². The Morgan fingerprint density at radius 3 is 2.36 bits per heavy atom. The average molecular weight is 158 g/mol. The number of carboxylic acid groups (broad SMARTS) is 1. The van der Waals surface area contributed by atoms with E-state index in [2.05, 4.69) is 0 Å². The Morgan fingerprint density at radius 2 is 2.09 bits per heavy atom. The molecule has 0 aliphatic heterocycles. The molecule has 0 bridgehead atoms. The van der Waals surface area contributed by atoms with Crippen LogP contribution >= 0.6 is 0 Å². The predicted molar refractivity (Wildman–Crippen MR) is 42.2 cm³/mol. The minimum absolute atomic E-state index is 0.779. The van der Waals surface area contributed by atoms with Gasteiger partial charge in [0.2, 0.25) is 0 Å². The summed E-state index contributed by atoms with van der Waals surface area (Å²) in [5, 5.41) is 18.0. The number of hydrogen-bond acceptors (Lipinski definition) is 2. The van der Waals surface area contributed by atoms with Gasteiger partial charge in [0.05, 0.1) is 11.5 Å². The van der Waals surface area contributed by atoms with Crippen molar-refractivity contribution in [1.82, 2.24) is 0 Å². The van der Waals surface area contributed by atoms with Crippen LogP contribution in [0.1, 0.15) is 20.8 Å². The zero-order valence-corrected chi connectivity index (χ0v) is 7.03. The number of allylic oxidation sites excluding steroid dienone is 1. The van der Waals surface area contributed by atoms with Crippen molar-refractivity contribution < 1.29 is 15.0 Å². The van der Waals surface area contributed by atoms with Gasteiger partial charge in [0.1, 0.15) is 0 Å². The molecule has 0 aliphatic rings. The quantitative estimate of drug-likeness (QED) is 0.603. The van der Waals surface area contributed by atoms with Crippen LogP contribution in [0.4, 0.5) is 0 Å². The lowest BCUT2D eigenvalue weighted by atomic mass is 9.91. The number of aliphatic hydroxyl groups is 1. The van der Waals surface area contributed by atoms with Gasteiger partial charge in [0, 0.05) is 0 Å². The van der Waals surface area contributed by atoms with Crippen LogP contribution in [0.15, 0.2) is 12.2 Å². The first-order valence-electron chi connectivity index (χ1n) is 3.51. The van der Waals surface area contributed by atoms with Gasteiger partial charge in [-0.15, -0.1) is 0 Å². The van der Waals surface area contributed by atoms with Gasteiger partial charge in [-0.2, -0.15) is 0 Å². The molecule has 3 nitrogen and oxygen atoms in total. The maximum Gasteiger partial charge on any atom is 0.309 e. The Labute approximate surface area is 66.4 Å². The van der Waals surface area contributed by atoms with E-state index in [-0.39, 0.29) is 0 Å². The highest BCUT2D eigenvalue weighted by molar-refractivity contribution is 5.71. The number of rotatable bonds is 3. The summed E-state index contributed by atoms with van der Waals surface area (Å²) >= 11 is 0. The smallest absolute Gasteiger partial charge is 0.309 e. The lowest BCUT2D eigenvalue weighted by Crippen LogP contribution is -2.35. The summed E-state index contributed by atoms with van der Waals surface area (Å²) in [7, 11) is 0. The van der Waals surface area contributed by atoms with Gasteiger partial charge in [0.15, 0.2) is 0 Å². The highest BCUT2D eigenvalue weighted by Crippen LogP contribution is 2.18. The average Bonchev–Trinajstić information content (AvgIpc) is 1.86. The van der Waals surface area contributed by atoms with E-state index in [4.69, 9.17) is 5.11 Å². The summed E-state index contributed by atoms with van der Waals surface area (Å²) in [6, 6.07) is 0. The van der Waals surface area contributed by atoms with Crippen molar-refractivity contribution in [2.24, 2.45) is 5.92 Å². The Hall–Kier alpha value is -0.830. The van der Waals surface area contributed by atoms with Gasteiger partial charge in [-0.3, -0.25) is 4.79 Å². The maximum absolute atomic E-state index is 10.4. The van der Waals surface area contributed by atoms with E-state index in [1.165, 1.54) is 19.9 Å². The van der Waals surface area contributed by atoms with Crippen LogP contribution in [-0.4, -0.2) is 21.8 Å². The van der Waals surface area contributed by atoms with Crippen LogP contribution in [0.3, 0.4) is 0 Å². The molecule has 0 aromatic carbocycles. The first-order chi connectivity index (χ1) is 4.91. The fourth-order valence-electron chi connectivity index (χ4n) is 0.732. The molecule has 0 spiro atoms. The van der Waals surface area contributed by atoms with Crippen LogP contribution in [0.5, 0.6) is 0 Å².